The van der Waals surface area contributed by atoms with Crippen LogP contribution in [0.25, 0.3) is 0 Å². The number of Topliss-reactive ketones (excluding diaryl/α,β-unsaturated/α-hetero) is 1. The van der Waals surface area contributed by atoms with Crippen LogP contribution >= 0.6 is 0 Å². The number of rotatable bonds is 8. The first-order valence-corrected chi connectivity index (χ1v) is 8.38. The van der Waals surface area contributed by atoms with Crippen LogP contribution in [-0.4, -0.2) is 39.5 Å². The molecule has 0 radical (unpaired) electrons. The number of hydrogen-bond acceptors (Lipinski definition) is 4. The summed E-state index contributed by atoms with van der Waals surface area (Å²) in [4.78, 5) is 25.0. The van der Waals surface area contributed by atoms with E-state index in [0.29, 0.717) is 12.8 Å². The molecule has 5 heteroatoms. The van der Waals surface area contributed by atoms with Gasteiger partial charge in [-0.05, 0) is 57.6 Å². The lowest BCUT2D eigenvalue weighted by atomic mass is 10.0. The van der Waals surface area contributed by atoms with E-state index >= 15 is 0 Å². The Morgan fingerprint density at radius 2 is 1.96 bits per heavy atom. The number of carbonyl (C=O) groups excluding carboxylic acids is 1. The molecule has 0 fully saturated rings. The molecule has 0 bridgehead atoms. The Hall–Kier alpha value is -2.30. The maximum Gasteiger partial charge on any atom is 0.323 e. The summed E-state index contributed by atoms with van der Waals surface area (Å²) in [6.07, 6.45) is 3.74. The average molecular weight is 331 g/mol. The molecule has 1 aromatic carbocycles. The molecule has 0 heterocycles. The summed E-state index contributed by atoms with van der Waals surface area (Å²) < 4.78 is 0. The highest BCUT2D eigenvalue weighted by atomic mass is 16.4. The highest BCUT2D eigenvalue weighted by molar-refractivity contribution is 5.94. The molecule has 1 aromatic rings. The maximum atomic E-state index is 11.8. The minimum Gasteiger partial charge on any atom is -0.508 e. The standard InChI is InChI=1S/C19H25NO4/c1-13(10-11-15-6-3-4-9-18(15)22)20(12-19(23)24)17-8-5-7-16(17)14(2)21/h3-4,6,9,13,22H,5,7-8,10-12H2,1-2H3,(H,23,24). The number of aryl methyl sites for hydroxylation is 1. The molecular weight excluding hydrogens is 306 g/mol. The molecule has 0 spiro atoms. The van der Waals surface area contributed by atoms with Crippen LogP contribution in [0.3, 0.4) is 0 Å². The Labute approximate surface area is 142 Å². The number of phenols is 1. The first-order valence-electron chi connectivity index (χ1n) is 8.38. The third kappa shape index (κ3) is 4.37. The number of ketones is 1. The van der Waals surface area contributed by atoms with Crippen LogP contribution in [0.5, 0.6) is 5.75 Å². The van der Waals surface area contributed by atoms with Gasteiger partial charge < -0.3 is 15.1 Å². The number of allylic oxidation sites excluding steroid dienone is 2. The van der Waals surface area contributed by atoms with Gasteiger partial charge in [0.15, 0.2) is 5.78 Å². The first kappa shape index (κ1) is 18.0. The van der Waals surface area contributed by atoms with Gasteiger partial charge in [-0.25, -0.2) is 0 Å². The number of carboxylic acid groups (broad SMARTS) is 1. The molecule has 2 rings (SSSR count). The van der Waals surface area contributed by atoms with Crippen molar-refractivity contribution < 1.29 is 19.8 Å². The van der Waals surface area contributed by atoms with Gasteiger partial charge in [0.25, 0.3) is 0 Å². The van der Waals surface area contributed by atoms with Crippen LogP contribution in [0, 0.1) is 0 Å². The van der Waals surface area contributed by atoms with Crippen molar-refractivity contribution in [2.24, 2.45) is 0 Å². The number of nitrogens with zero attached hydrogens (tertiary/aromatic N) is 1. The smallest absolute Gasteiger partial charge is 0.323 e. The molecule has 130 valence electrons. The fourth-order valence-electron chi connectivity index (χ4n) is 3.33. The molecular formula is C19H25NO4. The van der Waals surface area contributed by atoms with E-state index in [4.69, 9.17) is 0 Å². The molecule has 1 unspecified atom stereocenters. The summed E-state index contributed by atoms with van der Waals surface area (Å²) >= 11 is 0. The van der Waals surface area contributed by atoms with Gasteiger partial charge in [-0.3, -0.25) is 9.59 Å². The van der Waals surface area contributed by atoms with Gasteiger partial charge >= 0.3 is 5.97 Å². The predicted octanol–water partition coefficient (Wildman–Crippen LogP) is 3.13. The van der Waals surface area contributed by atoms with Crippen LogP contribution in [0.4, 0.5) is 0 Å². The minimum atomic E-state index is -0.897. The Kier molecular flexibility index (Phi) is 6.01. The van der Waals surface area contributed by atoms with Crippen molar-refractivity contribution >= 4 is 11.8 Å². The Balaban J connectivity index is 2.15. The topological polar surface area (TPSA) is 77.8 Å². The van der Waals surface area contributed by atoms with Crippen molar-refractivity contribution in [3.63, 3.8) is 0 Å². The van der Waals surface area contributed by atoms with E-state index in [1.807, 2.05) is 24.0 Å². The van der Waals surface area contributed by atoms with E-state index < -0.39 is 5.97 Å². The van der Waals surface area contributed by atoms with Crippen LogP contribution < -0.4 is 0 Å². The minimum absolute atomic E-state index is 0.0249. The van der Waals surface area contributed by atoms with E-state index in [-0.39, 0.29) is 24.1 Å². The fraction of sp³-hybridized carbons (Fsp3) is 0.474. The van der Waals surface area contributed by atoms with Gasteiger partial charge in [-0.1, -0.05) is 18.2 Å². The molecule has 0 aromatic heterocycles. The number of para-hydroxylation sites is 1. The molecule has 0 amide bonds. The lowest BCUT2D eigenvalue weighted by Gasteiger charge is -2.32. The van der Waals surface area contributed by atoms with Crippen molar-refractivity contribution in [2.45, 2.75) is 52.0 Å². The molecule has 1 aliphatic carbocycles. The fourth-order valence-corrected chi connectivity index (χ4v) is 3.33. The molecule has 24 heavy (non-hydrogen) atoms. The third-order valence-corrected chi connectivity index (χ3v) is 4.62. The third-order valence-electron chi connectivity index (χ3n) is 4.62. The summed E-state index contributed by atoms with van der Waals surface area (Å²) in [7, 11) is 0. The molecule has 2 N–H and O–H groups in total. The second-order valence-electron chi connectivity index (χ2n) is 6.37. The number of aromatic hydroxyl groups is 1. The van der Waals surface area contributed by atoms with Crippen molar-refractivity contribution in [3.8, 4) is 5.75 Å². The summed E-state index contributed by atoms with van der Waals surface area (Å²) in [6.45, 7) is 3.42. The number of aliphatic carboxylic acids is 1. The average Bonchev–Trinajstić information content (AvgIpc) is 3.01. The van der Waals surface area contributed by atoms with Crippen molar-refractivity contribution in [1.82, 2.24) is 4.90 Å². The molecule has 1 aliphatic rings. The van der Waals surface area contributed by atoms with E-state index in [0.717, 1.165) is 36.1 Å². The second-order valence-corrected chi connectivity index (χ2v) is 6.37. The summed E-state index contributed by atoms with van der Waals surface area (Å²) in [5.41, 5.74) is 2.51. The van der Waals surface area contributed by atoms with E-state index in [1.54, 1.807) is 19.1 Å². The quantitative estimate of drug-likeness (QED) is 0.765. The van der Waals surface area contributed by atoms with Crippen molar-refractivity contribution in [1.29, 1.82) is 0 Å². The van der Waals surface area contributed by atoms with Gasteiger partial charge in [0.05, 0.1) is 0 Å². The van der Waals surface area contributed by atoms with Gasteiger partial charge in [0, 0.05) is 17.3 Å². The monoisotopic (exact) mass is 331 g/mol. The number of phenolic OH excluding ortho intramolecular Hbond substituents is 1. The highest BCUT2D eigenvalue weighted by Gasteiger charge is 2.27. The highest BCUT2D eigenvalue weighted by Crippen LogP contribution is 2.31. The lowest BCUT2D eigenvalue weighted by Crippen LogP contribution is -2.37. The van der Waals surface area contributed by atoms with Crippen molar-refractivity contribution in [2.75, 3.05) is 6.54 Å². The largest absolute Gasteiger partial charge is 0.508 e. The van der Waals surface area contributed by atoms with Crippen molar-refractivity contribution in [3.05, 3.63) is 41.1 Å². The van der Waals surface area contributed by atoms with Crippen LogP contribution in [0.1, 0.15) is 45.1 Å². The molecule has 0 saturated carbocycles. The number of carboxylic acids is 1. The van der Waals surface area contributed by atoms with E-state index in [9.17, 15) is 19.8 Å². The zero-order valence-electron chi connectivity index (χ0n) is 14.3. The number of hydrogen-bond donors (Lipinski definition) is 2. The van der Waals surface area contributed by atoms with Gasteiger partial charge in [0.1, 0.15) is 12.3 Å². The summed E-state index contributed by atoms with van der Waals surface area (Å²) in [5.74, 6) is -0.600. The Morgan fingerprint density at radius 1 is 1.25 bits per heavy atom. The summed E-state index contributed by atoms with van der Waals surface area (Å²) in [5, 5.41) is 19.1. The first-order chi connectivity index (χ1) is 11.4. The van der Waals surface area contributed by atoms with E-state index in [1.165, 1.54) is 0 Å². The predicted molar refractivity (Wildman–Crippen MR) is 91.8 cm³/mol. The molecule has 1 atom stereocenters. The van der Waals surface area contributed by atoms with Gasteiger partial charge in [-0.15, -0.1) is 0 Å². The zero-order valence-corrected chi connectivity index (χ0v) is 14.3. The zero-order chi connectivity index (χ0) is 17.7. The normalized spacial score (nSPS) is 15.4. The van der Waals surface area contributed by atoms with Gasteiger partial charge in [0.2, 0.25) is 0 Å². The van der Waals surface area contributed by atoms with Gasteiger partial charge in [-0.2, -0.15) is 0 Å². The molecule has 0 saturated heterocycles. The van der Waals surface area contributed by atoms with Crippen LogP contribution in [-0.2, 0) is 16.0 Å². The number of benzene rings is 1. The van der Waals surface area contributed by atoms with Crippen LogP contribution in [0.15, 0.2) is 35.5 Å². The molecule has 5 nitrogen and oxygen atoms in total. The molecule has 0 aliphatic heterocycles. The summed E-state index contributed by atoms with van der Waals surface area (Å²) in [6, 6.07) is 7.16. The number of carbonyl (C=O) groups is 2. The second kappa shape index (κ2) is 7.99. The Morgan fingerprint density at radius 3 is 2.58 bits per heavy atom. The SMILES string of the molecule is CC(=O)C1=C(N(CC(=O)O)C(C)CCc2ccccc2O)CCC1. The Bertz CT molecular complexity index is 651. The van der Waals surface area contributed by atoms with E-state index in [2.05, 4.69) is 0 Å². The maximum absolute atomic E-state index is 11.8. The van der Waals surface area contributed by atoms with Crippen LogP contribution in [0.2, 0.25) is 0 Å². The lowest BCUT2D eigenvalue weighted by molar-refractivity contribution is -0.138.